The Morgan fingerprint density at radius 1 is 1.15 bits per heavy atom. The second-order valence-electron chi connectivity index (χ2n) is 6.32. The van der Waals surface area contributed by atoms with Crippen molar-refractivity contribution in [1.82, 2.24) is 9.97 Å². The van der Waals surface area contributed by atoms with Crippen LogP contribution >= 0.6 is 0 Å². The molecule has 1 aromatic heterocycles. The van der Waals surface area contributed by atoms with Gasteiger partial charge < -0.3 is 10.7 Å². The molecule has 2 saturated carbocycles. The molecule has 0 spiro atoms. The number of hydrazine groups is 1. The summed E-state index contributed by atoms with van der Waals surface area (Å²) >= 11 is 0. The predicted molar refractivity (Wildman–Crippen MR) is 81.4 cm³/mol. The lowest BCUT2D eigenvalue weighted by Gasteiger charge is -2.29. The number of nitrogen functional groups attached to an aromatic ring is 1. The Bertz CT molecular complexity index is 458. The summed E-state index contributed by atoms with van der Waals surface area (Å²) in [6, 6.07) is 1.90. The summed E-state index contributed by atoms with van der Waals surface area (Å²) < 4.78 is 0. The fraction of sp³-hybridized carbons (Fsp3) is 0.733. The molecule has 2 aliphatic rings. The van der Waals surface area contributed by atoms with Gasteiger partial charge in [0.2, 0.25) is 0 Å². The number of nitrogens with zero attached hydrogens (tertiary/aromatic N) is 2. The Labute approximate surface area is 120 Å². The standard InChI is InChI=1S/C15H25N5/c1-10-4-2-3-5-12(10)9-17-13-8-14(20-16)19-15(18-13)11-6-7-11/h8,10-12H,2-7,9,16H2,1H3,(H2,17,18,19,20). The third kappa shape index (κ3) is 3.20. The van der Waals surface area contributed by atoms with Crippen molar-refractivity contribution in [1.29, 1.82) is 0 Å². The van der Waals surface area contributed by atoms with E-state index in [1.807, 2.05) is 6.07 Å². The van der Waals surface area contributed by atoms with E-state index in [2.05, 4.69) is 27.6 Å². The molecule has 2 unspecified atom stereocenters. The molecule has 2 atom stereocenters. The quantitative estimate of drug-likeness (QED) is 0.569. The molecule has 0 amide bonds. The number of anilines is 2. The molecule has 2 aliphatic carbocycles. The van der Waals surface area contributed by atoms with E-state index in [1.54, 1.807) is 0 Å². The van der Waals surface area contributed by atoms with Gasteiger partial charge in [0.05, 0.1) is 0 Å². The Morgan fingerprint density at radius 3 is 2.60 bits per heavy atom. The summed E-state index contributed by atoms with van der Waals surface area (Å²) in [6.45, 7) is 3.38. The molecule has 5 heteroatoms. The van der Waals surface area contributed by atoms with Gasteiger partial charge >= 0.3 is 0 Å². The molecule has 3 rings (SSSR count). The highest BCUT2D eigenvalue weighted by Crippen LogP contribution is 2.39. The molecule has 0 aromatic carbocycles. The number of rotatable bonds is 5. The fourth-order valence-corrected chi connectivity index (χ4v) is 3.09. The van der Waals surface area contributed by atoms with Crippen LogP contribution in [-0.4, -0.2) is 16.5 Å². The zero-order valence-electron chi connectivity index (χ0n) is 12.2. The second-order valence-corrected chi connectivity index (χ2v) is 6.32. The predicted octanol–water partition coefficient (Wildman–Crippen LogP) is 2.88. The lowest BCUT2D eigenvalue weighted by molar-refractivity contribution is 0.268. The van der Waals surface area contributed by atoms with Crippen molar-refractivity contribution in [2.24, 2.45) is 17.7 Å². The van der Waals surface area contributed by atoms with Crippen LogP contribution in [0.15, 0.2) is 6.07 Å². The highest BCUT2D eigenvalue weighted by atomic mass is 15.3. The lowest BCUT2D eigenvalue weighted by Crippen LogP contribution is -2.25. The van der Waals surface area contributed by atoms with Crippen LogP contribution in [0.1, 0.15) is 57.2 Å². The molecule has 0 bridgehead atoms. The largest absolute Gasteiger partial charge is 0.370 e. The Kier molecular flexibility index (Phi) is 4.05. The minimum atomic E-state index is 0.539. The highest BCUT2D eigenvalue weighted by Gasteiger charge is 2.27. The van der Waals surface area contributed by atoms with Gasteiger partial charge in [-0.05, 0) is 31.1 Å². The molecule has 0 saturated heterocycles. The van der Waals surface area contributed by atoms with Gasteiger partial charge in [-0.15, -0.1) is 0 Å². The molecular formula is C15H25N5. The number of aromatic nitrogens is 2. The molecule has 1 heterocycles. The molecule has 5 nitrogen and oxygen atoms in total. The van der Waals surface area contributed by atoms with E-state index in [1.165, 1.54) is 38.5 Å². The van der Waals surface area contributed by atoms with Crippen LogP contribution in [0.4, 0.5) is 11.6 Å². The van der Waals surface area contributed by atoms with E-state index >= 15 is 0 Å². The van der Waals surface area contributed by atoms with Gasteiger partial charge in [0, 0.05) is 18.5 Å². The first-order valence-electron chi connectivity index (χ1n) is 7.85. The van der Waals surface area contributed by atoms with Crippen molar-refractivity contribution in [3.05, 3.63) is 11.9 Å². The summed E-state index contributed by atoms with van der Waals surface area (Å²) in [6.07, 6.45) is 7.84. The zero-order chi connectivity index (χ0) is 13.9. The van der Waals surface area contributed by atoms with Gasteiger partial charge in [-0.3, -0.25) is 0 Å². The van der Waals surface area contributed by atoms with Gasteiger partial charge in [-0.1, -0.05) is 26.2 Å². The van der Waals surface area contributed by atoms with Gasteiger partial charge in [-0.2, -0.15) is 0 Å². The topological polar surface area (TPSA) is 75.9 Å². The minimum absolute atomic E-state index is 0.539. The number of nitrogens with one attached hydrogen (secondary N) is 2. The normalized spacial score (nSPS) is 26.3. The molecule has 0 radical (unpaired) electrons. The molecule has 110 valence electrons. The Hall–Kier alpha value is -1.36. The summed E-state index contributed by atoms with van der Waals surface area (Å²) in [7, 11) is 0. The van der Waals surface area contributed by atoms with Crippen molar-refractivity contribution in [3.8, 4) is 0 Å². The third-order valence-electron chi connectivity index (χ3n) is 4.67. The smallest absolute Gasteiger partial charge is 0.145 e. The van der Waals surface area contributed by atoms with E-state index in [4.69, 9.17) is 5.84 Å². The molecule has 2 fully saturated rings. The van der Waals surface area contributed by atoms with Crippen LogP contribution in [0.5, 0.6) is 0 Å². The first kappa shape index (κ1) is 13.6. The minimum Gasteiger partial charge on any atom is -0.370 e. The van der Waals surface area contributed by atoms with Crippen molar-refractivity contribution < 1.29 is 0 Å². The van der Waals surface area contributed by atoms with Crippen LogP contribution in [-0.2, 0) is 0 Å². The van der Waals surface area contributed by atoms with Gasteiger partial charge in [-0.25, -0.2) is 15.8 Å². The number of nitrogens with two attached hydrogens (primary N) is 1. The van der Waals surface area contributed by atoms with E-state index in [-0.39, 0.29) is 0 Å². The summed E-state index contributed by atoms with van der Waals surface area (Å²) in [5.41, 5.74) is 2.65. The lowest BCUT2D eigenvalue weighted by atomic mass is 9.80. The summed E-state index contributed by atoms with van der Waals surface area (Å²) in [5.74, 6) is 10.2. The molecule has 20 heavy (non-hydrogen) atoms. The average Bonchev–Trinajstić information content (AvgIpc) is 3.31. The molecular weight excluding hydrogens is 250 g/mol. The van der Waals surface area contributed by atoms with Gasteiger partial charge in [0.15, 0.2) is 0 Å². The van der Waals surface area contributed by atoms with Crippen LogP contribution in [0.25, 0.3) is 0 Å². The maximum absolute atomic E-state index is 5.50. The van der Waals surface area contributed by atoms with Crippen molar-refractivity contribution >= 4 is 11.6 Å². The van der Waals surface area contributed by atoms with Gasteiger partial charge in [0.1, 0.15) is 17.5 Å². The van der Waals surface area contributed by atoms with E-state index < -0.39 is 0 Å². The summed E-state index contributed by atoms with van der Waals surface area (Å²) in [5, 5.41) is 3.50. The summed E-state index contributed by atoms with van der Waals surface area (Å²) in [4.78, 5) is 9.07. The van der Waals surface area contributed by atoms with Crippen molar-refractivity contribution in [3.63, 3.8) is 0 Å². The van der Waals surface area contributed by atoms with Crippen LogP contribution in [0.2, 0.25) is 0 Å². The monoisotopic (exact) mass is 275 g/mol. The van der Waals surface area contributed by atoms with E-state index in [0.717, 1.165) is 30.0 Å². The highest BCUT2D eigenvalue weighted by molar-refractivity contribution is 5.47. The Morgan fingerprint density at radius 2 is 1.90 bits per heavy atom. The first-order valence-corrected chi connectivity index (χ1v) is 7.85. The molecule has 1 aromatic rings. The number of hydrogen-bond acceptors (Lipinski definition) is 5. The zero-order valence-corrected chi connectivity index (χ0v) is 12.2. The van der Waals surface area contributed by atoms with E-state index in [0.29, 0.717) is 11.7 Å². The molecule has 4 N–H and O–H groups in total. The molecule has 0 aliphatic heterocycles. The maximum Gasteiger partial charge on any atom is 0.145 e. The van der Waals surface area contributed by atoms with Gasteiger partial charge in [0.25, 0.3) is 0 Å². The maximum atomic E-state index is 5.50. The SMILES string of the molecule is CC1CCCCC1CNc1cc(NN)nc(C2CC2)n1. The third-order valence-corrected chi connectivity index (χ3v) is 4.67. The van der Waals surface area contributed by atoms with Crippen molar-refractivity contribution in [2.45, 2.75) is 51.4 Å². The first-order chi connectivity index (χ1) is 9.76. The Balaban J connectivity index is 1.65. The van der Waals surface area contributed by atoms with Crippen LogP contribution < -0.4 is 16.6 Å². The fourth-order valence-electron chi connectivity index (χ4n) is 3.09. The van der Waals surface area contributed by atoms with Crippen LogP contribution in [0.3, 0.4) is 0 Å². The van der Waals surface area contributed by atoms with Crippen molar-refractivity contribution in [2.75, 3.05) is 17.3 Å². The number of hydrogen-bond donors (Lipinski definition) is 3. The van der Waals surface area contributed by atoms with E-state index in [9.17, 15) is 0 Å². The average molecular weight is 275 g/mol. The van der Waals surface area contributed by atoms with Crippen LogP contribution in [0, 0.1) is 11.8 Å². The second kappa shape index (κ2) is 5.95.